The van der Waals surface area contributed by atoms with Crippen LogP contribution in [0, 0.1) is 13.8 Å². The lowest BCUT2D eigenvalue weighted by Crippen LogP contribution is -2.43. The molecule has 1 aliphatic rings. The predicted molar refractivity (Wildman–Crippen MR) is 108 cm³/mol. The molecule has 1 saturated heterocycles. The quantitative estimate of drug-likeness (QED) is 0.669. The topological polar surface area (TPSA) is 105 Å². The maximum atomic E-state index is 12.4. The van der Waals surface area contributed by atoms with E-state index in [0.717, 1.165) is 17.5 Å². The summed E-state index contributed by atoms with van der Waals surface area (Å²) in [5, 5.41) is 0. The molecule has 0 aromatic heterocycles. The van der Waals surface area contributed by atoms with Gasteiger partial charge in [0.1, 0.15) is 5.75 Å². The number of aryl methyl sites for hydroxylation is 2. The van der Waals surface area contributed by atoms with E-state index in [0.29, 0.717) is 24.4 Å². The molecular formula is C20H23N3O5S. The number of hydrazine groups is 1. The Balaban J connectivity index is 1.56. The lowest BCUT2D eigenvalue weighted by molar-refractivity contribution is -0.123. The summed E-state index contributed by atoms with van der Waals surface area (Å²) in [7, 11) is -3.95. The molecule has 3 rings (SSSR count). The van der Waals surface area contributed by atoms with Gasteiger partial charge in [-0.15, -0.1) is 4.83 Å². The molecule has 2 amide bonds. The highest BCUT2D eigenvalue weighted by atomic mass is 32.2. The molecule has 1 fully saturated rings. The summed E-state index contributed by atoms with van der Waals surface area (Å²) in [6.45, 7) is 4.02. The summed E-state index contributed by atoms with van der Waals surface area (Å²) in [4.78, 5) is 27.4. The molecule has 0 unspecified atom stereocenters. The zero-order valence-corrected chi connectivity index (χ0v) is 17.1. The van der Waals surface area contributed by atoms with E-state index in [2.05, 4.69) is 10.3 Å². The van der Waals surface area contributed by atoms with Crippen molar-refractivity contribution in [3.63, 3.8) is 0 Å². The van der Waals surface area contributed by atoms with Gasteiger partial charge >= 0.3 is 0 Å². The number of nitrogens with zero attached hydrogens (tertiary/aromatic N) is 1. The molecule has 9 heteroatoms. The highest BCUT2D eigenvalue weighted by molar-refractivity contribution is 7.89. The molecule has 1 aliphatic heterocycles. The number of anilines is 1. The van der Waals surface area contributed by atoms with Crippen molar-refractivity contribution in [3.05, 3.63) is 53.6 Å². The van der Waals surface area contributed by atoms with Gasteiger partial charge in [-0.05, 0) is 55.7 Å². The van der Waals surface area contributed by atoms with E-state index in [4.69, 9.17) is 4.74 Å². The average molecular weight is 417 g/mol. The van der Waals surface area contributed by atoms with E-state index in [1.54, 1.807) is 17.0 Å². The maximum Gasteiger partial charge on any atom is 0.272 e. The molecule has 154 valence electrons. The van der Waals surface area contributed by atoms with Crippen molar-refractivity contribution in [1.29, 1.82) is 0 Å². The van der Waals surface area contributed by atoms with E-state index >= 15 is 0 Å². The second-order valence-electron chi connectivity index (χ2n) is 6.81. The number of sulfonamides is 1. The summed E-state index contributed by atoms with van der Waals surface area (Å²) in [5.74, 6) is -0.0112. The molecule has 8 nitrogen and oxygen atoms in total. The predicted octanol–water partition coefficient (Wildman–Crippen LogP) is 1.82. The SMILES string of the molecule is Cc1cccc(C)c1OCC(=O)NNS(=O)(=O)c1ccc(N2CCCC2=O)cc1. The number of nitrogens with one attached hydrogen (secondary N) is 2. The number of hydrogen-bond acceptors (Lipinski definition) is 5. The van der Waals surface area contributed by atoms with Crippen LogP contribution in [0.1, 0.15) is 24.0 Å². The van der Waals surface area contributed by atoms with Gasteiger partial charge < -0.3 is 9.64 Å². The molecule has 0 aliphatic carbocycles. The molecule has 0 saturated carbocycles. The van der Waals surface area contributed by atoms with Gasteiger partial charge in [0.05, 0.1) is 4.90 Å². The van der Waals surface area contributed by atoms with Crippen LogP contribution >= 0.6 is 0 Å². The number of benzene rings is 2. The van der Waals surface area contributed by atoms with Crippen LogP contribution in [0.2, 0.25) is 0 Å². The van der Waals surface area contributed by atoms with E-state index in [1.165, 1.54) is 12.1 Å². The van der Waals surface area contributed by atoms with Crippen molar-refractivity contribution in [2.45, 2.75) is 31.6 Å². The minimum Gasteiger partial charge on any atom is -0.483 e. The van der Waals surface area contributed by atoms with E-state index in [9.17, 15) is 18.0 Å². The summed E-state index contributed by atoms with van der Waals surface area (Å²) >= 11 is 0. The second kappa shape index (κ2) is 8.62. The van der Waals surface area contributed by atoms with Crippen molar-refractivity contribution < 1.29 is 22.7 Å². The monoisotopic (exact) mass is 417 g/mol. The number of amides is 2. The largest absolute Gasteiger partial charge is 0.483 e. The molecule has 0 bridgehead atoms. The number of ether oxygens (including phenoxy) is 1. The molecular weight excluding hydrogens is 394 g/mol. The van der Waals surface area contributed by atoms with Crippen molar-refractivity contribution in [2.75, 3.05) is 18.1 Å². The Bertz CT molecular complexity index is 999. The Morgan fingerprint density at radius 3 is 2.34 bits per heavy atom. The lowest BCUT2D eigenvalue weighted by atomic mass is 10.1. The minimum atomic E-state index is -3.95. The minimum absolute atomic E-state index is 0.0230. The van der Waals surface area contributed by atoms with Gasteiger partial charge in [-0.1, -0.05) is 18.2 Å². The van der Waals surface area contributed by atoms with Crippen LogP contribution in [0.15, 0.2) is 47.4 Å². The Hall–Kier alpha value is -2.91. The summed E-state index contributed by atoms with van der Waals surface area (Å²) in [5.41, 5.74) is 4.56. The Labute approximate surface area is 169 Å². The average Bonchev–Trinajstić information content (AvgIpc) is 3.12. The number of hydrogen-bond donors (Lipinski definition) is 2. The standard InChI is InChI=1S/C20H23N3O5S/c1-14-5-3-6-15(2)20(14)28-13-18(24)21-22-29(26,27)17-10-8-16(9-11-17)23-12-4-7-19(23)25/h3,5-6,8-11,22H,4,7,12-13H2,1-2H3,(H,21,24). The van der Waals surface area contributed by atoms with Gasteiger partial charge in [0.15, 0.2) is 6.61 Å². The summed E-state index contributed by atoms with van der Waals surface area (Å²) in [6, 6.07) is 11.5. The first-order valence-electron chi connectivity index (χ1n) is 9.18. The molecule has 1 heterocycles. The molecule has 2 N–H and O–H groups in total. The molecule has 29 heavy (non-hydrogen) atoms. The number of rotatable bonds is 7. The van der Waals surface area contributed by atoms with Crippen molar-refractivity contribution in [2.24, 2.45) is 0 Å². The molecule has 0 spiro atoms. The van der Waals surface area contributed by atoms with Crippen LogP contribution in [0.5, 0.6) is 5.75 Å². The zero-order chi connectivity index (χ0) is 21.0. The third-order valence-electron chi connectivity index (χ3n) is 4.61. The zero-order valence-electron chi connectivity index (χ0n) is 16.3. The molecule has 0 radical (unpaired) electrons. The lowest BCUT2D eigenvalue weighted by Gasteiger charge is -2.16. The number of carbonyl (C=O) groups excluding carboxylic acids is 2. The summed E-state index contributed by atoms with van der Waals surface area (Å²) < 4.78 is 30.2. The van der Waals surface area contributed by atoms with Crippen molar-refractivity contribution in [1.82, 2.24) is 10.3 Å². The molecule has 2 aromatic rings. The normalized spacial score (nSPS) is 14.1. The van der Waals surface area contributed by atoms with E-state index < -0.39 is 15.9 Å². The van der Waals surface area contributed by atoms with Gasteiger partial charge in [0, 0.05) is 18.7 Å². The fourth-order valence-corrected chi connectivity index (χ4v) is 3.97. The van der Waals surface area contributed by atoms with Crippen LogP contribution in [0.25, 0.3) is 0 Å². The fraction of sp³-hybridized carbons (Fsp3) is 0.300. The molecule has 2 aromatic carbocycles. The number of carbonyl (C=O) groups is 2. The first-order chi connectivity index (χ1) is 13.8. The maximum absolute atomic E-state index is 12.4. The van der Waals surface area contributed by atoms with Crippen LogP contribution in [0.3, 0.4) is 0 Å². The van der Waals surface area contributed by atoms with Gasteiger partial charge in [0.2, 0.25) is 5.91 Å². The van der Waals surface area contributed by atoms with Crippen molar-refractivity contribution >= 4 is 27.5 Å². The van der Waals surface area contributed by atoms with E-state index in [-0.39, 0.29) is 17.4 Å². The first kappa shape index (κ1) is 20.8. The number of para-hydroxylation sites is 1. The highest BCUT2D eigenvalue weighted by Gasteiger charge is 2.22. The van der Waals surface area contributed by atoms with Gasteiger partial charge in [-0.25, -0.2) is 8.42 Å². The van der Waals surface area contributed by atoms with E-state index in [1.807, 2.05) is 32.0 Å². The van der Waals surface area contributed by atoms with Crippen LogP contribution in [0.4, 0.5) is 5.69 Å². The Kier molecular flexibility index (Phi) is 6.19. The van der Waals surface area contributed by atoms with Crippen molar-refractivity contribution in [3.8, 4) is 5.75 Å². The van der Waals surface area contributed by atoms with Crippen LogP contribution in [-0.4, -0.2) is 33.4 Å². The first-order valence-corrected chi connectivity index (χ1v) is 10.7. The van der Waals surface area contributed by atoms with Crippen LogP contribution < -0.4 is 19.9 Å². The Morgan fingerprint density at radius 2 is 1.76 bits per heavy atom. The third-order valence-corrected chi connectivity index (χ3v) is 5.88. The fourth-order valence-electron chi connectivity index (χ4n) is 3.11. The highest BCUT2D eigenvalue weighted by Crippen LogP contribution is 2.23. The molecule has 0 atom stereocenters. The second-order valence-corrected chi connectivity index (χ2v) is 8.49. The van der Waals surface area contributed by atoms with Crippen LogP contribution in [-0.2, 0) is 19.6 Å². The van der Waals surface area contributed by atoms with Gasteiger partial charge in [-0.2, -0.15) is 0 Å². The summed E-state index contributed by atoms with van der Waals surface area (Å²) in [6.07, 6.45) is 1.29. The third kappa shape index (κ3) is 4.93. The van der Waals surface area contributed by atoms with Gasteiger partial charge in [0.25, 0.3) is 15.9 Å². The smallest absolute Gasteiger partial charge is 0.272 e. The Morgan fingerprint density at radius 1 is 1.10 bits per heavy atom. The van der Waals surface area contributed by atoms with Gasteiger partial charge in [-0.3, -0.25) is 15.0 Å².